The van der Waals surface area contributed by atoms with Gasteiger partial charge < -0.3 is 15.2 Å². The van der Waals surface area contributed by atoms with Gasteiger partial charge in [-0.1, -0.05) is 0 Å². The van der Waals surface area contributed by atoms with Gasteiger partial charge in [0.1, 0.15) is 0 Å². The number of ether oxygens (including phenoxy) is 1. The standard InChI is InChI=1S/C9H19NO2S/c1-12-4-3-10-9(6-11)8-2-5-13-7-8/h8-11H,2-7H2,1H3. The molecular formula is C9H19NO2S. The monoisotopic (exact) mass is 205 g/mol. The van der Waals surface area contributed by atoms with E-state index in [9.17, 15) is 5.11 Å². The topological polar surface area (TPSA) is 41.5 Å². The maximum Gasteiger partial charge on any atom is 0.0587 e. The van der Waals surface area contributed by atoms with Gasteiger partial charge in [0, 0.05) is 19.7 Å². The van der Waals surface area contributed by atoms with Gasteiger partial charge in [-0.15, -0.1) is 0 Å². The molecule has 1 saturated heterocycles. The first-order valence-electron chi connectivity index (χ1n) is 4.79. The van der Waals surface area contributed by atoms with Crippen LogP contribution in [0.5, 0.6) is 0 Å². The normalized spacial score (nSPS) is 24.9. The lowest BCUT2D eigenvalue weighted by Crippen LogP contribution is -2.40. The predicted molar refractivity (Wildman–Crippen MR) is 56.2 cm³/mol. The fraction of sp³-hybridized carbons (Fsp3) is 1.00. The number of aliphatic hydroxyl groups is 1. The van der Waals surface area contributed by atoms with E-state index in [4.69, 9.17) is 4.74 Å². The van der Waals surface area contributed by atoms with Crippen molar-refractivity contribution in [1.29, 1.82) is 0 Å². The third-order valence-electron chi connectivity index (χ3n) is 2.44. The van der Waals surface area contributed by atoms with Crippen LogP contribution in [0.2, 0.25) is 0 Å². The van der Waals surface area contributed by atoms with Crippen LogP contribution in [0, 0.1) is 5.92 Å². The van der Waals surface area contributed by atoms with Crippen LogP contribution in [0.3, 0.4) is 0 Å². The summed E-state index contributed by atoms with van der Waals surface area (Å²) in [4.78, 5) is 0. The van der Waals surface area contributed by atoms with Crippen LogP contribution in [0.4, 0.5) is 0 Å². The summed E-state index contributed by atoms with van der Waals surface area (Å²) in [5, 5.41) is 12.5. The van der Waals surface area contributed by atoms with Crippen LogP contribution >= 0.6 is 11.8 Å². The van der Waals surface area contributed by atoms with Gasteiger partial charge in [0.2, 0.25) is 0 Å². The van der Waals surface area contributed by atoms with Crippen molar-refractivity contribution < 1.29 is 9.84 Å². The first kappa shape index (κ1) is 11.3. The number of methoxy groups -OCH3 is 1. The Morgan fingerprint density at radius 2 is 2.54 bits per heavy atom. The first-order chi connectivity index (χ1) is 6.38. The summed E-state index contributed by atoms with van der Waals surface area (Å²) in [5.41, 5.74) is 0. The molecule has 1 heterocycles. The van der Waals surface area contributed by atoms with Crippen LogP contribution in [-0.2, 0) is 4.74 Å². The zero-order chi connectivity index (χ0) is 9.52. The highest BCUT2D eigenvalue weighted by Gasteiger charge is 2.23. The van der Waals surface area contributed by atoms with Crippen molar-refractivity contribution in [2.24, 2.45) is 5.92 Å². The van der Waals surface area contributed by atoms with Gasteiger partial charge in [0.25, 0.3) is 0 Å². The first-order valence-corrected chi connectivity index (χ1v) is 5.95. The Hall–Kier alpha value is 0.230. The van der Waals surface area contributed by atoms with Crippen molar-refractivity contribution >= 4 is 11.8 Å². The Bertz CT molecular complexity index is 129. The number of hydrogen-bond acceptors (Lipinski definition) is 4. The number of thioether (sulfide) groups is 1. The predicted octanol–water partition coefficient (Wildman–Crippen LogP) is 0.336. The van der Waals surface area contributed by atoms with Crippen molar-refractivity contribution in [3.05, 3.63) is 0 Å². The van der Waals surface area contributed by atoms with Gasteiger partial charge >= 0.3 is 0 Å². The van der Waals surface area contributed by atoms with Gasteiger partial charge in [-0.2, -0.15) is 11.8 Å². The van der Waals surface area contributed by atoms with Crippen LogP contribution in [0.15, 0.2) is 0 Å². The lowest BCUT2D eigenvalue weighted by atomic mass is 10.00. The molecule has 1 aliphatic rings. The summed E-state index contributed by atoms with van der Waals surface area (Å²) >= 11 is 1.98. The third kappa shape index (κ3) is 3.85. The zero-order valence-corrected chi connectivity index (χ0v) is 8.98. The quantitative estimate of drug-likeness (QED) is 0.614. The Balaban J connectivity index is 2.16. The molecule has 0 radical (unpaired) electrons. The molecule has 0 aromatic heterocycles. The van der Waals surface area contributed by atoms with E-state index in [1.807, 2.05) is 11.8 Å². The maximum absolute atomic E-state index is 9.17. The molecule has 0 spiro atoms. The summed E-state index contributed by atoms with van der Waals surface area (Å²) in [6, 6.07) is 0.269. The van der Waals surface area contributed by atoms with Crippen LogP contribution in [0.1, 0.15) is 6.42 Å². The maximum atomic E-state index is 9.17. The van der Waals surface area contributed by atoms with Crippen LogP contribution in [-0.4, -0.2) is 49.5 Å². The molecule has 3 nitrogen and oxygen atoms in total. The summed E-state index contributed by atoms with van der Waals surface area (Å²) in [6.45, 7) is 1.80. The Kier molecular flexibility index (Phi) is 5.78. The Labute approximate surface area is 84.2 Å². The molecule has 0 amide bonds. The Morgan fingerprint density at radius 1 is 1.69 bits per heavy atom. The summed E-state index contributed by atoms with van der Waals surface area (Å²) in [6.07, 6.45) is 1.23. The summed E-state index contributed by atoms with van der Waals surface area (Å²) < 4.78 is 4.95. The van der Waals surface area contributed by atoms with E-state index in [1.165, 1.54) is 17.9 Å². The highest BCUT2D eigenvalue weighted by molar-refractivity contribution is 7.99. The molecule has 0 saturated carbocycles. The van der Waals surface area contributed by atoms with Crippen LogP contribution < -0.4 is 5.32 Å². The van der Waals surface area contributed by atoms with Crippen LogP contribution in [0.25, 0.3) is 0 Å². The van der Waals surface area contributed by atoms with Gasteiger partial charge in [0.05, 0.1) is 13.2 Å². The number of rotatable bonds is 6. The van der Waals surface area contributed by atoms with E-state index in [-0.39, 0.29) is 12.6 Å². The molecule has 1 rings (SSSR count). The van der Waals surface area contributed by atoms with Gasteiger partial charge in [-0.05, 0) is 23.8 Å². The molecule has 4 heteroatoms. The van der Waals surface area contributed by atoms with E-state index in [2.05, 4.69) is 5.32 Å². The summed E-state index contributed by atoms with van der Waals surface area (Å²) in [7, 11) is 1.70. The highest BCUT2D eigenvalue weighted by atomic mass is 32.2. The molecule has 2 atom stereocenters. The van der Waals surface area contributed by atoms with Gasteiger partial charge in [-0.3, -0.25) is 0 Å². The second-order valence-electron chi connectivity index (χ2n) is 3.36. The van der Waals surface area contributed by atoms with Crippen molar-refractivity contribution in [3.63, 3.8) is 0 Å². The van der Waals surface area contributed by atoms with E-state index in [0.29, 0.717) is 5.92 Å². The highest BCUT2D eigenvalue weighted by Crippen LogP contribution is 2.25. The molecule has 2 N–H and O–H groups in total. The minimum atomic E-state index is 0.245. The number of nitrogens with one attached hydrogen (secondary N) is 1. The van der Waals surface area contributed by atoms with Gasteiger partial charge in [0.15, 0.2) is 0 Å². The molecule has 0 bridgehead atoms. The lowest BCUT2D eigenvalue weighted by molar-refractivity contribution is 0.169. The lowest BCUT2D eigenvalue weighted by Gasteiger charge is -2.21. The average molecular weight is 205 g/mol. The van der Waals surface area contributed by atoms with E-state index < -0.39 is 0 Å². The molecule has 2 unspecified atom stereocenters. The smallest absolute Gasteiger partial charge is 0.0587 e. The Morgan fingerprint density at radius 3 is 3.08 bits per heavy atom. The molecule has 0 aliphatic carbocycles. The second kappa shape index (κ2) is 6.65. The van der Waals surface area contributed by atoms with Crippen molar-refractivity contribution in [1.82, 2.24) is 5.32 Å². The third-order valence-corrected chi connectivity index (χ3v) is 3.63. The molecular weight excluding hydrogens is 186 g/mol. The number of aliphatic hydroxyl groups excluding tert-OH is 1. The molecule has 13 heavy (non-hydrogen) atoms. The number of hydrogen-bond donors (Lipinski definition) is 2. The summed E-state index contributed by atoms with van der Waals surface area (Å²) in [5.74, 6) is 3.07. The zero-order valence-electron chi connectivity index (χ0n) is 8.16. The SMILES string of the molecule is COCCNC(CO)C1CCSC1. The largest absolute Gasteiger partial charge is 0.395 e. The van der Waals surface area contributed by atoms with Crippen molar-refractivity contribution in [3.8, 4) is 0 Å². The fourth-order valence-electron chi connectivity index (χ4n) is 1.60. The second-order valence-corrected chi connectivity index (χ2v) is 4.51. The van der Waals surface area contributed by atoms with Gasteiger partial charge in [-0.25, -0.2) is 0 Å². The van der Waals surface area contributed by atoms with Crippen molar-refractivity contribution in [2.45, 2.75) is 12.5 Å². The van der Waals surface area contributed by atoms with Crippen molar-refractivity contribution in [2.75, 3.05) is 38.4 Å². The fourth-order valence-corrected chi connectivity index (χ4v) is 2.93. The van der Waals surface area contributed by atoms with E-state index in [1.54, 1.807) is 7.11 Å². The minimum absolute atomic E-state index is 0.245. The van der Waals surface area contributed by atoms with E-state index >= 15 is 0 Å². The molecule has 1 aliphatic heterocycles. The average Bonchev–Trinajstić information content (AvgIpc) is 2.65. The molecule has 1 fully saturated rings. The van der Waals surface area contributed by atoms with E-state index in [0.717, 1.165) is 13.2 Å². The molecule has 78 valence electrons. The molecule has 0 aromatic carbocycles. The molecule has 0 aromatic rings. The minimum Gasteiger partial charge on any atom is -0.395 e.